The van der Waals surface area contributed by atoms with Crippen molar-refractivity contribution in [3.8, 4) is 0 Å². The topological polar surface area (TPSA) is 56.5 Å². The van der Waals surface area contributed by atoms with E-state index < -0.39 is 0 Å². The van der Waals surface area contributed by atoms with E-state index in [9.17, 15) is 0 Å². The van der Waals surface area contributed by atoms with Gasteiger partial charge in [-0.3, -0.25) is 0 Å². The second kappa shape index (κ2) is 4.05. The Morgan fingerprint density at radius 3 is 2.86 bits per heavy atom. The van der Waals surface area contributed by atoms with Gasteiger partial charge in [0.15, 0.2) is 5.16 Å². The van der Waals surface area contributed by atoms with Gasteiger partial charge in [0.2, 0.25) is 0 Å². The van der Waals surface area contributed by atoms with E-state index in [1.807, 2.05) is 7.05 Å². The summed E-state index contributed by atoms with van der Waals surface area (Å²) in [4.78, 5) is 12.1. The van der Waals surface area contributed by atoms with Crippen molar-refractivity contribution in [2.24, 2.45) is 7.05 Å². The van der Waals surface area contributed by atoms with Crippen LogP contribution < -0.4 is 0 Å². The van der Waals surface area contributed by atoms with Gasteiger partial charge in [0.1, 0.15) is 17.7 Å². The molecule has 0 spiro atoms. The van der Waals surface area contributed by atoms with Crippen molar-refractivity contribution in [3.63, 3.8) is 0 Å². The number of halogens is 1. The fraction of sp³-hybridized carbons (Fsp3) is 0.143. The van der Waals surface area contributed by atoms with Gasteiger partial charge >= 0.3 is 0 Å². The Hall–Kier alpha value is -0.950. The van der Waals surface area contributed by atoms with E-state index >= 15 is 0 Å². The third-order valence-electron chi connectivity index (χ3n) is 1.49. The van der Waals surface area contributed by atoms with E-state index in [0.29, 0.717) is 0 Å². The average Bonchev–Trinajstić information content (AvgIpc) is 2.56. The first-order chi connectivity index (χ1) is 6.77. The standard InChI is InChI=1S/C7H6BrN5S/c1-13-7(11-4-12-13)14-6-5(8)2-9-3-10-6/h2-4H,1H3. The molecule has 0 amide bonds. The van der Waals surface area contributed by atoms with Crippen molar-refractivity contribution in [3.05, 3.63) is 23.3 Å². The van der Waals surface area contributed by atoms with Crippen molar-refractivity contribution in [2.75, 3.05) is 0 Å². The van der Waals surface area contributed by atoms with Crippen LogP contribution in [0.15, 0.2) is 33.5 Å². The summed E-state index contributed by atoms with van der Waals surface area (Å²) in [6.07, 6.45) is 4.71. The number of aromatic nitrogens is 5. The van der Waals surface area contributed by atoms with Crippen molar-refractivity contribution in [1.29, 1.82) is 0 Å². The Labute approximate surface area is 93.1 Å². The fourth-order valence-corrected chi connectivity index (χ4v) is 2.01. The van der Waals surface area contributed by atoms with Crippen LogP contribution in [0, 0.1) is 0 Å². The van der Waals surface area contributed by atoms with Gasteiger partial charge in [0, 0.05) is 13.2 Å². The van der Waals surface area contributed by atoms with Crippen LogP contribution in [-0.4, -0.2) is 24.7 Å². The quantitative estimate of drug-likeness (QED) is 0.776. The van der Waals surface area contributed by atoms with E-state index in [0.717, 1.165) is 14.7 Å². The van der Waals surface area contributed by atoms with E-state index in [1.54, 1.807) is 10.9 Å². The minimum atomic E-state index is 0.796. The molecule has 0 fully saturated rings. The molecule has 0 radical (unpaired) electrons. The highest BCUT2D eigenvalue weighted by Crippen LogP contribution is 2.28. The second-order valence-electron chi connectivity index (χ2n) is 2.44. The molecule has 0 aliphatic carbocycles. The zero-order valence-corrected chi connectivity index (χ0v) is 9.66. The molecule has 0 aliphatic rings. The van der Waals surface area contributed by atoms with E-state index in [2.05, 4.69) is 36.0 Å². The van der Waals surface area contributed by atoms with E-state index in [4.69, 9.17) is 0 Å². The highest BCUT2D eigenvalue weighted by atomic mass is 79.9. The molecule has 2 heterocycles. The van der Waals surface area contributed by atoms with Gasteiger partial charge in [0.25, 0.3) is 0 Å². The summed E-state index contributed by atoms with van der Waals surface area (Å²) in [6, 6.07) is 0. The van der Waals surface area contributed by atoms with Gasteiger partial charge in [-0.15, -0.1) is 0 Å². The molecule has 0 aliphatic heterocycles. The highest BCUT2D eigenvalue weighted by Gasteiger charge is 2.07. The molecule has 0 aromatic carbocycles. The van der Waals surface area contributed by atoms with Gasteiger partial charge in [-0.2, -0.15) is 5.10 Å². The van der Waals surface area contributed by atoms with Crippen molar-refractivity contribution < 1.29 is 0 Å². The molecule has 0 bridgehead atoms. The molecule has 0 saturated carbocycles. The summed E-state index contributed by atoms with van der Waals surface area (Å²) >= 11 is 4.80. The lowest BCUT2D eigenvalue weighted by molar-refractivity contribution is 0.684. The van der Waals surface area contributed by atoms with Gasteiger partial charge in [-0.25, -0.2) is 19.6 Å². The second-order valence-corrected chi connectivity index (χ2v) is 4.25. The summed E-state index contributed by atoms with van der Waals surface area (Å²) in [5, 5.41) is 5.59. The summed E-state index contributed by atoms with van der Waals surface area (Å²) < 4.78 is 2.55. The first-order valence-electron chi connectivity index (χ1n) is 3.74. The van der Waals surface area contributed by atoms with Crippen LogP contribution in [0.1, 0.15) is 0 Å². The van der Waals surface area contributed by atoms with Crippen LogP contribution in [0.5, 0.6) is 0 Å². The Morgan fingerprint density at radius 1 is 1.36 bits per heavy atom. The largest absolute Gasteiger partial charge is 0.244 e. The van der Waals surface area contributed by atoms with Gasteiger partial charge in [-0.05, 0) is 27.7 Å². The number of rotatable bonds is 2. The lowest BCUT2D eigenvalue weighted by atomic mass is 10.7. The number of hydrogen-bond donors (Lipinski definition) is 0. The molecule has 0 atom stereocenters. The summed E-state index contributed by atoms with van der Waals surface area (Å²) in [5.41, 5.74) is 0. The third-order valence-corrected chi connectivity index (χ3v) is 3.41. The maximum absolute atomic E-state index is 4.12. The molecular weight excluding hydrogens is 266 g/mol. The van der Waals surface area contributed by atoms with Crippen LogP contribution in [-0.2, 0) is 7.05 Å². The Balaban J connectivity index is 2.28. The number of nitrogens with zero attached hydrogens (tertiary/aromatic N) is 5. The van der Waals surface area contributed by atoms with Crippen molar-refractivity contribution in [2.45, 2.75) is 10.2 Å². The summed E-state index contributed by atoms with van der Waals surface area (Å²) in [7, 11) is 1.84. The molecule has 2 aromatic heterocycles. The minimum Gasteiger partial charge on any atom is -0.244 e. The SMILES string of the molecule is Cn1ncnc1Sc1ncncc1Br. The molecule has 7 heteroatoms. The van der Waals surface area contributed by atoms with Crippen molar-refractivity contribution >= 4 is 27.7 Å². The fourth-order valence-electron chi connectivity index (χ4n) is 0.841. The smallest absolute Gasteiger partial charge is 0.192 e. The maximum atomic E-state index is 4.12. The Bertz CT molecular complexity index is 443. The minimum absolute atomic E-state index is 0.796. The van der Waals surface area contributed by atoms with E-state index in [1.165, 1.54) is 24.4 Å². The van der Waals surface area contributed by atoms with Gasteiger partial charge < -0.3 is 0 Å². The average molecular weight is 272 g/mol. The van der Waals surface area contributed by atoms with Gasteiger partial charge in [-0.1, -0.05) is 0 Å². The molecule has 0 N–H and O–H groups in total. The molecular formula is C7H6BrN5S. The Kier molecular flexibility index (Phi) is 2.78. The predicted octanol–water partition coefficient (Wildman–Crippen LogP) is 1.52. The molecule has 0 saturated heterocycles. The molecule has 0 unspecified atom stereocenters. The molecule has 2 rings (SSSR count). The molecule has 72 valence electrons. The predicted molar refractivity (Wildman–Crippen MR) is 54.9 cm³/mol. The summed E-state index contributed by atoms with van der Waals surface area (Å²) in [5.74, 6) is 0. The highest BCUT2D eigenvalue weighted by molar-refractivity contribution is 9.10. The lowest BCUT2D eigenvalue weighted by Crippen LogP contribution is -1.93. The maximum Gasteiger partial charge on any atom is 0.192 e. The van der Waals surface area contributed by atoms with Crippen LogP contribution in [0.4, 0.5) is 0 Å². The van der Waals surface area contributed by atoms with Gasteiger partial charge in [0.05, 0.1) is 4.47 Å². The number of hydrogen-bond acceptors (Lipinski definition) is 5. The van der Waals surface area contributed by atoms with Crippen LogP contribution in [0.25, 0.3) is 0 Å². The van der Waals surface area contributed by atoms with Crippen LogP contribution >= 0.6 is 27.7 Å². The third kappa shape index (κ3) is 1.93. The first kappa shape index (κ1) is 9.60. The zero-order valence-electron chi connectivity index (χ0n) is 7.25. The lowest BCUT2D eigenvalue weighted by Gasteiger charge is -2.00. The zero-order chi connectivity index (χ0) is 9.97. The Morgan fingerprint density at radius 2 is 2.21 bits per heavy atom. The molecule has 5 nitrogen and oxygen atoms in total. The molecule has 2 aromatic rings. The normalized spacial score (nSPS) is 10.4. The van der Waals surface area contributed by atoms with Crippen LogP contribution in [0.2, 0.25) is 0 Å². The monoisotopic (exact) mass is 271 g/mol. The number of aryl methyl sites for hydroxylation is 1. The first-order valence-corrected chi connectivity index (χ1v) is 5.35. The van der Waals surface area contributed by atoms with Crippen LogP contribution in [0.3, 0.4) is 0 Å². The van der Waals surface area contributed by atoms with E-state index in [-0.39, 0.29) is 0 Å². The van der Waals surface area contributed by atoms with Crippen molar-refractivity contribution in [1.82, 2.24) is 24.7 Å². The molecule has 14 heavy (non-hydrogen) atoms. The summed E-state index contributed by atoms with van der Waals surface area (Å²) in [6.45, 7) is 0.